The molecule has 0 aliphatic carbocycles. The van der Waals surface area contributed by atoms with Gasteiger partial charge in [0.05, 0.1) is 25.4 Å². The molecule has 0 radical (unpaired) electrons. The van der Waals surface area contributed by atoms with Crippen molar-refractivity contribution in [3.8, 4) is 5.75 Å². The minimum atomic E-state index is -0.598. The molecule has 2 aromatic rings. The largest absolute Gasteiger partial charge is 0.494 e. The van der Waals surface area contributed by atoms with Gasteiger partial charge in [-0.3, -0.25) is 0 Å². The summed E-state index contributed by atoms with van der Waals surface area (Å²) in [5.41, 5.74) is 1.03. The van der Waals surface area contributed by atoms with Crippen molar-refractivity contribution in [3.05, 3.63) is 58.9 Å². The molecule has 0 saturated carbocycles. The van der Waals surface area contributed by atoms with Gasteiger partial charge in [-0.1, -0.05) is 23.7 Å². The molecule has 0 aliphatic heterocycles. The number of urea groups is 1. The third-order valence-electron chi connectivity index (χ3n) is 3.17. The zero-order valence-electron chi connectivity index (χ0n) is 12.3. The van der Waals surface area contributed by atoms with Gasteiger partial charge in [0.15, 0.2) is 0 Å². The molecule has 1 unspecified atom stereocenters. The highest BCUT2D eigenvalue weighted by molar-refractivity contribution is 6.30. The minimum absolute atomic E-state index is 0.201. The molecule has 122 valence electrons. The van der Waals surface area contributed by atoms with Crippen molar-refractivity contribution in [2.45, 2.75) is 6.04 Å². The Kier molecular flexibility index (Phi) is 5.78. The number of benzene rings is 2. The third-order valence-corrected chi connectivity index (χ3v) is 3.42. The van der Waals surface area contributed by atoms with Crippen LogP contribution in [0.1, 0.15) is 11.6 Å². The second-order valence-electron chi connectivity index (χ2n) is 4.73. The Morgan fingerprint density at radius 3 is 2.61 bits per heavy atom. The van der Waals surface area contributed by atoms with E-state index in [0.29, 0.717) is 16.3 Å². The fraction of sp³-hybridized carbons (Fsp3) is 0.188. The Hall–Kier alpha value is -2.31. The summed E-state index contributed by atoms with van der Waals surface area (Å²) >= 11 is 5.81. The van der Waals surface area contributed by atoms with Gasteiger partial charge in [-0.05, 0) is 29.8 Å². The topological polar surface area (TPSA) is 70.6 Å². The second kappa shape index (κ2) is 7.80. The van der Waals surface area contributed by atoms with Gasteiger partial charge in [0, 0.05) is 11.1 Å². The summed E-state index contributed by atoms with van der Waals surface area (Å²) in [6, 6.07) is 9.37. The van der Waals surface area contributed by atoms with E-state index in [2.05, 4.69) is 10.6 Å². The lowest BCUT2D eigenvalue weighted by Gasteiger charge is -2.18. The molecule has 0 aliphatic rings. The van der Waals surface area contributed by atoms with Crippen LogP contribution in [0.5, 0.6) is 5.75 Å². The van der Waals surface area contributed by atoms with Gasteiger partial charge in [-0.2, -0.15) is 0 Å². The van der Waals surface area contributed by atoms with Crippen molar-refractivity contribution in [1.29, 1.82) is 0 Å². The standard InChI is InChI=1S/C16H16ClFN2O3/c1-23-15-8-12(18)6-7-13(15)19-16(22)20-14(9-21)10-2-4-11(17)5-3-10/h2-8,14,21H,9H2,1H3,(H2,19,20,22). The van der Waals surface area contributed by atoms with E-state index >= 15 is 0 Å². The number of ether oxygens (including phenoxy) is 1. The first-order chi connectivity index (χ1) is 11.0. The van der Waals surface area contributed by atoms with Crippen LogP contribution in [0.4, 0.5) is 14.9 Å². The molecule has 23 heavy (non-hydrogen) atoms. The van der Waals surface area contributed by atoms with Gasteiger partial charge in [0.25, 0.3) is 0 Å². The number of anilines is 1. The van der Waals surface area contributed by atoms with Crippen LogP contribution in [0, 0.1) is 5.82 Å². The van der Waals surface area contributed by atoms with Gasteiger partial charge in [0.2, 0.25) is 0 Å². The number of rotatable bonds is 5. The van der Waals surface area contributed by atoms with Crippen LogP contribution in [0.2, 0.25) is 5.02 Å². The Balaban J connectivity index is 2.07. The number of halogens is 2. The maximum absolute atomic E-state index is 13.1. The lowest BCUT2D eigenvalue weighted by molar-refractivity contribution is 0.225. The van der Waals surface area contributed by atoms with E-state index in [-0.39, 0.29) is 12.4 Å². The summed E-state index contributed by atoms with van der Waals surface area (Å²) in [5.74, 6) is -0.269. The molecule has 7 heteroatoms. The first-order valence-corrected chi connectivity index (χ1v) is 7.18. The van der Waals surface area contributed by atoms with E-state index < -0.39 is 17.9 Å². The number of hydrogen-bond donors (Lipinski definition) is 3. The Labute approximate surface area is 138 Å². The van der Waals surface area contributed by atoms with Crippen molar-refractivity contribution in [2.24, 2.45) is 0 Å². The summed E-state index contributed by atoms with van der Waals surface area (Å²) < 4.78 is 18.1. The van der Waals surface area contributed by atoms with E-state index in [0.717, 1.165) is 0 Å². The van der Waals surface area contributed by atoms with E-state index in [1.54, 1.807) is 24.3 Å². The van der Waals surface area contributed by atoms with Crippen LogP contribution in [-0.4, -0.2) is 24.9 Å². The number of aliphatic hydroxyl groups excluding tert-OH is 1. The molecule has 0 heterocycles. The number of methoxy groups -OCH3 is 1. The van der Waals surface area contributed by atoms with Crippen LogP contribution in [-0.2, 0) is 0 Å². The highest BCUT2D eigenvalue weighted by atomic mass is 35.5. The van der Waals surface area contributed by atoms with Gasteiger partial charge < -0.3 is 20.5 Å². The highest BCUT2D eigenvalue weighted by Crippen LogP contribution is 2.25. The molecule has 0 saturated heterocycles. The summed E-state index contributed by atoms with van der Waals surface area (Å²) in [6.45, 7) is -0.282. The monoisotopic (exact) mass is 338 g/mol. The van der Waals surface area contributed by atoms with Gasteiger partial charge >= 0.3 is 6.03 Å². The van der Waals surface area contributed by atoms with Crippen molar-refractivity contribution >= 4 is 23.3 Å². The number of amides is 2. The maximum atomic E-state index is 13.1. The average molecular weight is 339 g/mol. The quantitative estimate of drug-likeness (QED) is 0.783. The second-order valence-corrected chi connectivity index (χ2v) is 5.17. The average Bonchev–Trinajstić information content (AvgIpc) is 2.55. The van der Waals surface area contributed by atoms with E-state index in [1.165, 1.54) is 25.3 Å². The fourth-order valence-electron chi connectivity index (χ4n) is 2.01. The molecule has 0 spiro atoms. The number of hydrogen-bond acceptors (Lipinski definition) is 3. The number of nitrogens with one attached hydrogen (secondary N) is 2. The van der Waals surface area contributed by atoms with Gasteiger partial charge in [-0.15, -0.1) is 0 Å². The summed E-state index contributed by atoms with van der Waals surface area (Å²) in [6.07, 6.45) is 0. The van der Waals surface area contributed by atoms with Crippen molar-refractivity contribution < 1.29 is 19.0 Å². The minimum Gasteiger partial charge on any atom is -0.494 e. The first kappa shape index (κ1) is 17.1. The van der Waals surface area contributed by atoms with E-state index in [4.69, 9.17) is 16.3 Å². The van der Waals surface area contributed by atoms with Crippen LogP contribution in [0.15, 0.2) is 42.5 Å². The molecular formula is C16H16ClFN2O3. The first-order valence-electron chi connectivity index (χ1n) is 6.81. The molecule has 1 atom stereocenters. The maximum Gasteiger partial charge on any atom is 0.319 e. The molecule has 2 rings (SSSR count). The molecule has 0 fully saturated rings. The third kappa shape index (κ3) is 4.58. The van der Waals surface area contributed by atoms with Crippen molar-refractivity contribution in [1.82, 2.24) is 5.32 Å². The number of carbonyl (C=O) groups excluding carboxylic acids is 1. The number of aliphatic hydroxyl groups is 1. The molecule has 0 bridgehead atoms. The zero-order chi connectivity index (χ0) is 16.8. The molecule has 5 nitrogen and oxygen atoms in total. The molecule has 3 N–H and O–H groups in total. The Morgan fingerprint density at radius 1 is 1.30 bits per heavy atom. The Bertz CT molecular complexity index is 680. The predicted octanol–water partition coefficient (Wildman–Crippen LogP) is 3.34. The summed E-state index contributed by atoms with van der Waals surface area (Å²) in [5, 5.41) is 15.2. The van der Waals surface area contributed by atoms with Crippen molar-refractivity contribution in [2.75, 3.05) is 19.0 Å². The normalized spacial score (nSPS) is 11.7. The fourth-order valence-corrected chi connectivity index (χ4v) is 2.14. The molecular weight excluding hydrogens is 323 g/mol. The van der Waals surface area contributed by atoms with Crippen molar-refractivity contribution in [3.63, 3.8) is 0 Å². The van der Waals surface area contributed by atoms with E-state index in [9.17, 15) is 14.3 Å². The van der Waals surface area contributed by atoms with Crippen LogP contribution < -0.4 is 15.4 Å². The van der Waals surface area contributed by atoms with Crippen LogP contribution in [0.25, 0.3) is 0 Å². The summed E-state index contributed by atoms with van der Waals surface area (Å²) in [4.78, 5) is 12.1. The number of carbonyl (C=O) groups is 1. The predicted molar refractivity (Wildman–Crippen MR) is 86.4 cm³/mol. The molecule has 0 aromatic heterocycles. The van der Waals surface area contributed by atoms with Gasteiger partial charge in [0.1, 0.15) is 11.6 Å². The van der Waals surface area contributed by atoms with E-state index in [1.807, 2.05) is 0 Å². The van der Waals surface area contributed by atoms with Crippen LogP contribution >= 0.6 is 11.6 Å². The Morgan fingerprint density at radius 2 is 2.00 bits per heavy atom. The lowest BCUT2D eigenvalue weighted by atomic mass is 10.1. The summed E-state index contributed by atoms with van der Waals surface area (Å²) in [7, 11) is 1.38. The highest BCUT2D eigenvalue weighted by Gasteiger charge is 2.15. The lowest BCUT2D eigenvalue weighted by Crippen LogP contribution is -2.34. The molecule has 2 amide bonds. The molecule has 2 aromatic carbocycles. The van der Waals surface area contributed by atoms with Crippen LogP contribution in [0.3, 0.4) is 0 Å². The van der Waals surface area contributed by atoms with Gasteiger partial charge in [-0.25, -0.2) is 9.18 Å². The smallest absolute Gasteiger partial charge is 0.319 e. The SMILES string of the molecule is COc1cc(F)ccc1NC(=O)NC(CO)c1ccc(Cl)cc1. The zero-order valence-corrected chi connectivity index (χ0v) is 13.1.